The first-order chi connectivity index (χ1) is 8.74. The zero-order valence-corrected chi connectivity index (χ0v) is 11.7. The number of amides is 1. The molecule has 2 nitrogen and oxygen atoms in total. The van der Waals surface area contributed by atoms with Crippen LogP contribution in [0.4, 0.5) is 0 Å². The highest BCUT2D eigenvalue weighted by molar-refractivity contribution is 7.99. The summed E-state index contributed by atoms with van der Waals surface area (Å²) in [6.07, 6.45) is 3.55. The molecule has 1 amide bonds. The zero-order valence-electron chi connectivity index (χ0n) is 10.9. The third-order valence-corrected chi connectivity index (χ3v) is 4.41. The Morgan fingerprint density at radius 3 is 2.78 bits per heavy atom. The highest BCUT2D eigenvalue weighted by Crippen LogP contribution is 2.24. The van der Waals surface area contributed by atoms with Crippen molar-refractivity contribution in [1.82, 2.24) is 5.32 Å². The second-order valence-corrected chi connectivity index (χ2v) is 6.15. The Hall–Kier alpha value is -0.960. The van der Waals surface area contributed by atoms with Crippen molar-refractivity contribution in [2.45, 2.75) is 38.0 Å². The van der Waals surface area contributed by atoms with E-state index in [1.165, 1.54) is 12.0 Å². The fraction of sp³-hybridized carbons (Fsp3) is 0.533. The molecule has 0 aromatic heterocycles. The average Bonchev–Trinajstić information content (AvgIpc) is 2.76. The number of hydrogen-bond acceptors (Lipinski definition) is 2. The molecular weight excluding hydrogens is 242 g/mol. The standard InChI is InChI=1S/C15H21NOS/c1-12-7-8-14(9-12)16-15(17)11-18-10-13-5-3-2-4-6-13/h2-6,12,14H,7-11H2,1H3,(H,16,17). The molecule has 2 unspecified atom stereocenters. The quantitative estimate of drug-likeness (QED) is 0.883. The number of nitrogens with one attached hydrogen (secondary N) is 1. The van der Waals surface area contributed by atoms with Crippen LogP contribution < -0.4 is 5.32 Å². The predicted molar refractivity (Wildman–Crippen MR) is 77.5 cm³/mol. The van der Waals surface area contributed by atoms with E-state index in [4.69, 9.17) is 0 Å². The van der Waals surface area contributed by atoms with Crippen molar-refractivity contribution in [1.29, 1.82) is 0 Å². The molecule has 1 aromatic carbocycles. The molecule has 18 heavy (non-hydrogen) atoms. The van der Waals surface area contributed by atoms with Crippen LogP contribution in [0, 0.1) is 5.92 Å². The number of carbonyl (C=O) groups excluding carboxylic acids is 1. The number of benzene rings is 1. The summed E-state index contributed by atoms with van der Waals surface area (Å²) >= 11 is 1.69. The van der Waals surface area contributed by atoms with Crippen LogP contribution in [-0.4, -0.2) is 17.7 Å². The van der Waals surface area contributed by atoms with Gasteiger partial charge in [-0.05, 0) is 30.7 Å². The summed E-state index contributed by atoms with van der Waals surface area (Å²) in [5.74, 6) is 2.44. The van der Waals surface area contributed by atoms with Crippen LogP contribution in [0.25, 0.3) is 0 Å². The minimum atomic E-state index is 0.190. The summed E-state index contributed by atoms with van der Waals surface area (Å²) < 4.78 is 0. The van der Waals surface area contributed by atoms with Crippen molar-refractivity contribution in [2.24, 2.45) is 5.92 Å². The minimum Gasteiger partial charge on any atom is -0.353 e. The average molecular weight is 263 g/mol. The van der Waals surface area contributed by atoms with Gasteiger partial charge in [0.2, 0.25) is 5.91 Å². The predicted octanol–water partition coefficient (Wildman–Crippen LogP) is 3.22. The van der Waals surface area contributed by atoms with Crippen molar-refractivity contribution in [3.8, 4) is 0 Å². The third-order valence-electron chi connectivity index (χ3n) is 3.40. The van der Waals surface area contributed by atoms with Crippen LogP contribution in [-0.2, 0) is 10.5 Å². The van der Waals surface area contributed by atoms with Crippen LogP contribution >= 0.6 is 11.8 Å². The summed E-state index contributed by atoms with van der Waals surface area (Å²) in [4.78, 5) is 11.8. The lowest BCUT2D eigenvalue weighted by molar-refractivity contribution is -0.119. The molecule has 1 saturated carbocycles. The van der Waals surface area contributed by atoms with Crippen LogP contribution in [0.5, 0.6) is 0 Å². The van der Waals surface area contributed by atoms with Gasteiger partial charge < -0.3 is 5.32 Å². The van der Waals surface area contributed by atoms with Gasteiger partial charge in [0.05, 0.1) is 5.75 Å². The fourth-order valence-corrected chi connectivity index (χ4v) is 3.24. The molecule has 0 saturated heterocycles. The summed E-state index contributed by atoms with van der Waals surface area (Å²) in [5, 5.41) is 3.14. The molecule has 1 aliphatic carbocycles. The maximum absolute atomic E-state index is 11.8. The first kappa shape index (κ1) is 13.5. The molecule has 2 rings (SSSR count). The number of thioether (sulfide) groups is 1. The topological polar surface area (TPSA) is 29.1 Å². The lowest BCUT2D eigenvalue weighted by atomic mass is 10.1. The van der Waals surface area contributed by atoms with Gasteiger partial charge in [0.25, 0.3) is 0 Å². The molecule has 1 aromatic rings. The molecule has 0 aliphatic heterocycles. The van der Waals surface area contributed by atoms with E-state index in [2.05, 4.69) is 24.4 Å². The van der Waals surface area contributed by atoms with Gasteiger partial charge in [0, 0.05) is 11.8 Å². The summed E-state index contributed by atoms with van der Waals surface area (Å²) in [6, 6.07) is 10.7. The van der Waals surface area contributed by atoms with Crippen molar-refractivity contribution < 1.29 is 4.79 Å². The smallest absolute Gasteiger partial charge is 0.230 e. The summed E-state index contributed by atoms with van der Waals surface area (Å²) in [6.45, 7) is 2.26. The zero-order chi connectivity index (χ0) is 12.8. The molecule has 0 bridgehead atoms. The molecule has 1 fully saturated rings. The molecule has 0 spiro atoms. The van der Waals surface area contributed by atoms with Gasteiger partial charge in [-0.1, -0.05) is 37.3 Å². The highest BCUT2D eigenvalue weighted by atomic mass is 32.2. The molecule has 1 aliphatic rings. The maximum atomic E-state index is 11.8. The molecule has 98 valence electrons. The summed E-state index contributed by atoms with van der Waals surface area (Å²) in [5.41, 5.74) is 1.28. The summed E-state index contributed by atoms with van der Waals surface area (Å²) in [7, 11) is 0. The van der Waals surface area contributed by atoms with Crippen molar-refractivity contribution in [3.05, 3.63) is 35.9 Å². The van der Waals surface area contributed by atoms with E-state index in [1.807, 2.05) is 18.2 Å². The molecule has 0 heterocycles. The second kappa shape index (κ2) is 6.83. The van der Waals surface area contributed by atoms with E-state index < -0.39 is 0 Å². The molecular formula is C15H21NOS. The first-order valence-electron chi connectivity index (χ1n) is 6.65. The van der Waals surface area contributed by atoms with E-state index in [1.54, 1.807) is 11.8 Å². The minimum absolute atomic E-state index is 0.190. The van der Waals surface area contributed by atoms with E-state index in [0.29, 0.717) is 11.8 Å². The fourth-order valence-electron chi connectivity index (χ4n) is 2.44. The molecule has 2 atom stereocenters. The Labute approximate surface area is 114 Å². The normalized spacial score (nSPS) is 22.9. The second-order valence-electron chi connectivity index (χ2n) is 5.16. The van der Waals surface area contributed by atoms with Crippen LogP contribution in [0.15, 0.2) is 30.3 Å². The van der Waals surface area contributed by atoms with Gasteiger partial charge in [-0.25, -0.2) is 0 Å². The van der Waals surface area contributed by atoms with E-state index in [-0.39, 0.29) is 5.91 Å². The monoisotopic (exact) mass is 263 g/mol. The Morgan fingerprint density at radius 1 is 1.33 bits per heavy atom. The Kier molecular flexibility index (Phi) is 5.12. The van der Waals surface area contributed by atoms with E-state index >= 15 is 0 Å². The largest absolute Gasteiger partial charge is 0.353 e. The number of hydrogen-bond donors (Lipinski definition) is 1. The molecule has 0 radical (unpaired) electrons. The van der Waals surface area contributed by atoms with Gasteiger partial charge in [0.15, 0.2) is 0 Å². The van der Waals surface area contributed by atoms with Crippen molar-refractivity contribution >= 4 is 17.7 Å². The Morgan fingerprint density at radius 2 is 2.11 bits per heavy atom. The maximum Gasteiger partial charge on any atom is 0.230 e. The lowest BCUT2D eigenvalue weighted by Crippen LogP contribution is -2.34. The third kappa shape index (κ3) is 4.37. The SMILES string of the molecule is CC1CCC(NC(=O)CSCc2ccccc2)C1. The Bertz CT molecular complexity index is 379. The van der Waals surface area contributed by atoms with Gasteiger partial charge in [0.1, 0.15) is 0 Å². The van der Waals surface area contributed by atoms with Gasteiger partial charge in [-0.3, -0.25) is 4.79 Å². The highest BCUT2D eigenvalue weighted by Gasteiger charge is 2.22. The molecule has 1 N–H and O–H groups in total. The number of rotatable bonds is 5. The number of carbonyl (C=O) groups is 1. The molecule has 3 heteroatoms. The van der Waals surface area contributed by atoms with Gasteiger partial charge in [-0.2, -0.15) is 0 Å². The first-order valence-corrected chi connectivity index (χ1v) is 7.80. The lowest BCUT2D eigenvalue weighted by Gasteiger charge is -2.12. The van der Waals surface area contributed by atoms with Crippen LogP contribution in [0.2, 0.25) is 0 Å². The Balaban J connectivity index is 1.63. The van der Waals surface area contributed by atoms with E-state index in [9.17, 15) is 4.79 Å². The van der Waals surface area contributed by atoms with Crippen molar-refractivity contribution in [3.63, 3.8) is 0 Å². The van der Waals surface area contributed by atoms with Gasteiger partial charge >= 0.3 is 0 Å². The van der Waals surface area contributed by atoms with E-state index in [0.717, 1.165) is 24.5 Å². The van der Waals surface area contributed by atoms with Crippen LogP contribution in [0.3, 0.4) is 0 Å². The van der Waals surface area contributed by atoms with Crippen molar-refractivity contribution in [2.75, 3.05) is 5.75 Å². The van der Waals surface area contributed by atoms with Crippen LogP contribution in [0.1, 0.15) is 31.7 Å². The van der Waals surface area contributed by atoms with Gasteiger partial charge in [-0.15, -0.1) is 11.8 Å².